The second-order valence-corrected chi connectivity index (χ2v) is 8.82. The minimum absolute atomic E-state index is 0.00375. The number of thiophene rings is 1. The first-order valence-corrected chi connectivity index (χ1v) is 10.9. The number of nitrogens with zero attached hydrogens (tertiary/aromatic N) is 3. The third-order valence-electron chi connectivity index (χ3n) is 4.61. The van der Waals surface area contributed by atoms with E-state index < -0.39 is 0 Å². The minimum atomic E-state index is -0.00375. The van der Waals surface area contributed by atoms with E-state index in [9.17, 15) is 4.79 Å². The number of hydrogen-bond donors (Lipinski definition) is 2. The average molecular weight is 410 g/mol. The first-order valence-electron chi connectivity index (χ1n) is 10.0. The number of morpholine rings is 1. The van der Waals surface area contributed by atoms with Gasteiger partial charge in [0.05, 0.1) is 13.2 Å². The van der Waals surface area contributed by atoms with Crippen molar-refractivity contribution in [3.05, 3.63) is 21.9 Å². The molecule has 0 spiro atoms. The topological polar surface area (TPSA) is 69.2 Å². The molecule has 8 heteroatoms. The Morgan fingerprint density at radius 3 is 2.75 bits per heavy atom. The summed E-state index contributed by atoms with van der Waals surface area (Å²) in [6.45, 7) is 9.96. The maximum atomic E-state index is 11.9. The molecule has 158 valence electrons. The number of ether oxygens (including phenoxy) is 1. The van der Waals surface area contributed by atoms with Crippen molar-refractivity contribution in [2.24, 2.45) is 4.99 Å². The molecule has 7 nitrogen and oxygen atoms in total. The summed E-state index contributed by atoms with van der Waals surface area (Å²) < 4.78 is 5.39. The Bertz CT molecular complexity index is 626. The smallest absolute Gasteiger partial charge is 0.243 e. The lowest BCUT2D eigenvalue weighted by molar-refractivity contribution is -0.127. The molecule has 0 saturated carbocycles. The van der Waals surface area contributed by atoms with Crippen molar-refractivity contribution in [1.29, 1.82) is 0 Å². The summed E-state index contributed by atoms with van der Waals surface area (Å²) in [6, 6.07) is 4.57. The van der Waals surface area contributed by atoms with E-state index in [0.29, 0.717) is 5.96 Å². The number of rotatable bonds is 9. The highest BCUT2D eigenvalue weighted by Crippen LogP contribution is 2.16. The van der Waals surface area contributed by atoms with Gasteiger partial charge in [0, 0.05) is 55.9 Å². The normalized spacial score (nSPS) is 16.6. The quantitative estimate of drug-likeness (QED) is 0.366. The van der Waals surface area contributed by atoms with Crippen molar-refractivity contribution in [1.82, 2.24) is 20.4 Å². The number of carbonyl (C=O) groups excluding carboxylic acids is 1. The van der Waals surface area contributed by atoms with Crippen LogP contribution in [0.2, 0.25) is 0 Å². The number of aryl methyl sites for hydroxylation is 1. The number of likely N-dealkylation sites (N-methyl/N-ethyl adjacent to an activating group) is 1. The number of carbonyl (C=O) groups is 1. The molecule has 1 aromatic rings. The van der Waals surface area contributed by atoms with Crippen LogP contribution in [0.15, 0.2) is 17.1 Å². The molecule has 1 aliphatic heterocycles. The molecule has 1 aliphatic rings. The Morgan fingerprint density at radius 1 is 1.36 bits per heavy atom. The number of guanidine groups is 1. The van der Waals surface area contributed by atoms with E-state index in [4.69, 9.17) is 4.74 Å². The highest BCUT2D eigenvalue weighted by molar-refractivity contribution is 7.11. The molecule has 1 unspecified atom stereocenters. The van der Waals surface area contributed by atoms with Gasteiger partial charge < -0.3 is 20.3 Å². The molecule has 0 bridgehead atoms. The van der Waals surface area contributed by atoms with Gasteiger partial charge in [-0.1, -0.05) is 0 Å². The molecule has 1 aromatic heterocycles. The molecular formula is C20H35N5O2S. The van der Waals surface area contributed by atoms with Crippen LogP contribution in [0, 0.1) is 6.92 Å². The van der Waals surface area contributed by atoms with Gasteiger partial charge in [-0.05, 0) is 38.9 Å². The van der Waals surface area contributed by atoms with Gasteiger partial charge in [-0.2, -0.15) is 0 Å². The van der Waals surface area contributed by atoms with E-state index in [0.717, 1.165) is 52.2 Å². The van der Waals surface area contributed by atoms with Gasteiger partial charge in [-0.15, -0.1) is 11.3 Å². The molecule has 0 radical (unpaired) electrons. The Hall–Kier alpha value is -1.64. The summed E-state index contributed by atoms with van der Waals surface area (Å²) in [4.78, 5) is 23.1. The highest BCUT2D eigenvalue weighted by atomic mass is 32.1. The second-order valence-electron chi connectivity index (χ2n) is 7.45. The number of hydrogen-bond acceptors (Lipinski definition) is 5. The molecule has 1 atom stereocenters. The first-order chi connectivity index (χ1) is 13.4. The van der Waals surface area contributed by atoms with Crippen molar-refractivity contribution in [3.63, 3.8) is 0 Å². The fourth-order valence-electron chi connectivity index (χ4n) is 2.96. The molecule has 0 aromatic carbocycles. The van der Waals surface area contributed by atoms with Crippen LogP contribution in [0.1, 0.15) is 23.1 Å². The molecule has 2 heterocycles. The van der Waals surface area contributed by atoms with Crippen molar-refractivity contribution < 1.29 is 9.53 Å². The third-order valence-corrected chi connectivity index (χ3v) is 5.63. The van der Waals surface area contributed by atoms with Gasteiger partial charge in [0.1, 0.15) is 6.54 Å². The fourth-order valence-corrected chi connectivity index (χ4v) is 3.98. The van der Waals surface area contributed by atoms with Crippen molar-refractivity contribution in [2.75, 3.05) is 60.0 Å². The maximum absolute atomic E-state index is 11.9. The molecular weight excluding hydrogens is 374 g/mol. The summed E-state index contributed by atoms with van der Waals surface area (Å²) in [5, 5.41) is 6.84. The van der Waals surface area contributed by atoms with E-state index in [1.54, 1.807) is 19.0 Å². The van der Waals surface area contributed by atoms with Crippen LogP contribution < -0.4 is 10.6 Å². The highest BCUT2D eigenvalue weighted by Gasteiger charge is 2.11. The molecule has 2 rings (SSSR count). The van der Waals surface area contributed by atoms with Gasteiger partial charge in [0.15, 0.2) is 5.96 Å². The number of amides is 1. The zero-order chi connectivity index (χ0) is 20.4. The molecule has 1 saturated heterocycles. The van der Waals surface area contributed by atoms with E-state index in [1.807, 2.05) is 11.3 Å². The van der Waals surface area contributed by atoms with Crippen LogP contribution in [-0.2, 0) is 16.0 Å². The van der Waals surface area contributed by atoms with Crippen LogP contribution in [0.4, 0.5) is 0 Å². The first kappa shape index (κ1) is 22.6. The number of nitrogens with one attached hydrogen (secondary N) is 2. The lowest BCUT2D eigenvalue weighted by Gasteiger charge is -2.26. The lowest BCUT2D eigenvalue weighted by Crippen LogP contribution is -2.45. The Kier molecular flexibility index (Phi) is 9.73. The summed E-state index contributed by atoms with van der Waals surface area (Å²) in [7, 11) is 3.50. The van der Waals surface area contributed by atoms with E-state index >= 15 is 0 Å². The van der Waals surface area contributed by atoms with Gasteiger partial charge in [-0.3, -0.25) is 9.69 Å². The van der Waals surface area contributed by atoms with Gasteiger partial charge in [0.2, 0.25) is 5.91 Å². The van der Waals surface area contributed by atoms with Gasteiger partial charge in [-0.25, -0.2) is 4.99 Å². The predicted octanol–water partition coefficient (Wildman–Crippen LogP) is 1.33. The SMILES string of the molecule is Cc1ccc(CC(C)NC(=NCC(=O)N(C)C)NCCCN2CCOCC2)s1. The third kappa shape index (κ3) is 8.58. The summed E-state index contributed by atoms with van der Waals surface area (Å²) in [5.74, 6) is 0.703. The molecule has 0 aliphatic carbocycles. The zero-order valence-corrected chi connectivity index (χ0v) is 18.5. The van der Waals surface area contributed by atoms with Crippen molar-refractivity contribution in [3.8, 4) is 0 Å². The molecule has 28 heavy (non-hydrogen) atoms. The Balaban J connectivity index is 1.82. The van der Waals surface area contributed by atoms with Crippen LogP contribution in [0.3, 0.4) is 0 Å². The van der Waals surface area contributed by atoms with Crippen LogP contribution >= 0.6 is 11.3 Å². The summed E-state index contributed by atoms with van der Waals surface area (Å²) >= 11 is 1.83. The van der Waals surface area contributed by atoms with Crippen LogP contribution in [-0.4, -0.2) is 87.7 Å². The molecule has 1 amide bonds. The Labute approximate surface area is 173 Å². The summed E-state index contributed by atoms with van der Waals surface area (Å²) in [5.41, 5.74) is 0. The molecule has 2 N–H and O–H groups in total. The monoisotopic (exact) mass is 409 g/mol. The fraction of sp³-hybridized carbons (Fsp3) is 0.700. The Morgan fingerprint density at radius 2 is 2.11 bits per heavy atom. The largest absolute Gasteiger partial charge is 0.379 e. The zero-order valence-electron chi connectivity index (χ0n) is 17.7. The van der Waals surface area contributed by atoms with Crippen molar-refractivity contribution in [2.45, 2.75) is 32.7 Å². The van der Waals surface area contributed by atoms with Gasteiger partial charge >= 0.3 is 0 Å². The number of aliphatic imine (C=N–C) groups is 1. The van der Waals surface area contributed by atoms with Crippen LogP contribution in [0.5, 0.6) is 0 Å². The standard InChI is InChI=1S/C20H35N5O2S/c1-16(14-18-7-6-17(2)28-18)23-20(22-15-19(26)24(3)4)21-8-5-9-25-10-12-27-13-11-25/h6-7,16H,5,8-15H2,1-4H3,(H2,21,22,23). The maximum Gasteiger partial charge on any atom is 0.243 e. The van der Waals surface area contributed by atoms with Crippen molar-refractivity contribution >= 4 is 23.2 Å². The lowest BCUT2D eigenvalue weighted by atomic mass is 10.2. The van der Waals surface area contributed by atoms with Crippen LogP contribution in [0.25, 0.3) is 0 Å². The van der Waals surface area contributed by atoms with E-state index in [2.05, 4.69) is 46.5 Å². The minimum Gasteiger partial charge on any atom is -0.379 e. The average Bonchev–Trinajstić information content (AvgIpc) is 3.07. The van der Waals surface area contributed by atoms with E-state index in [-0.39, 0.29) is 18.5 Å². The van der Waals surface area contributed by atoms with Gasteiger partial charge in [0.25, 0.3) is 0 Å². The molecule has 1 fully saturated rings. The van der Waals surface area contributed by atoms with E-state index in [1.165, 1.54) is 9.75 Å². The second kappa shape index (κ2) is 12.0. The predicted molar refractivity (Wildman–Crippen MR) is 116 cm³/mol. The summed E-state index contributed by atoms with van der Waals surface area (Å²) in [6.07, 6.45) is 1.97.